The van der Waals surface area contributed by atoms with Crippen molar-refractivity contribution in [3.05, 3.63) is 82.9 Å². The van der Waals surface area contributed by atoms with E-state index in [9.17, 15) is 9.59 Å². The number of carboxylic acids is 2. The van der Waals surface area contributed by atoms with Gasteiger partial charge in [0.2, 0.25) is 0 Å². The molecule has 0 fully saturated rings. The highest BCUT2D eigenvalue weighted by molar-refractivity contribution is 5.89. The molecule has 134 valence electrons. The Bertz CT molecular complexity index is 824. The van der Waals surface area contributed by atoms with E-state index in [0.29, 0.717) is 18.2 Å². The van der Waals surface area contributed by atoms with Crippen LogP contribution in [0, 0.1) is 0 Å². The highest BCUT2D eigenvalue weighted by Gasteiger charge is 2.54. The van der Waals surface area contributed by atoms with E-state index in [4.69, 9.17) is 10.2 Å². The number of carbonyl (C=O) groups is 2. The van der Waals surface area contributed by atoms with E-state index >= 15 is 0 Å². The molecule has 2 aliphatic heterocycles. The summed E-state index contributed by atoms with van der Waals surface area (Å²) in [5.74, 6) is -2.51. The maximum atomic E-state index is 9.55. The second-order valence-electron chi connectivity index (χ2n) is 6.45. The fourth-order valence-corrected chi connectivity index (χ4v) is 4.21. The first-order valence-corrected chi connectivity index (χ1v) is 8.50. The first kappa shape index (κ1) is 17.9. The summed E-state index contributed by atoms with van der Waals surface area (Å²) in [5, 5.41) is 15.6. The lowest BCUT2D eigenvalue weighted by atomic mass is 9.78. The van der Waals surface area contributed by atoms with Crippen molar-refractivity contribution in [1.29, 1.82) is 0 Å². The van der Waals surface area contributed by atoms with Crippen molar-refractivity contribution in [3.63, 3.8) is 0 Å². The predicted octanol–water partition coefficient (Wildman–Crippen LogP) is 3.40. The zero-order valence-electron chi connectivity index (χ0n) is 14.7. The van der Waals surface area contributed by atoms with E-state index in [1.807, 2.05) is 0 Å². The molecule has 0 aliphatic carbocycles. The molecule has 0 atom stereocenters. The number of hydrogen-bond acceptors (Lipinski definition) is 3. The highest BCUT2D eigenvalue weighted by Crippen LogP contribution is 2.59. The van der Waals surface area contributed by atoms with Gasteiger partial charge in [-0.25, -0.2) is 9.59 Å². The predicted molar refractivity (Wildman–Crippen MR) is 98.0 cm³/mol. The monoisotopic (exact) mass is 351 g/mol. The van der Waals surface area contributed by atoms with Gasteiger partial charge in [-0.3, -0.25) is 4.90 Å². The van der Waals surface area contributed by atoms with Crippen molar-refractivity contribution in [1.82, 2.24) is 4.90 Å². The van der Waals surface area contributed by atoms with E-state index in [0.717, 1.165) is 6.54 Å². The molecular weight excluding hydrogens is 330 g/mol. The largest absolute Gasteiger partial charge is 0.478 e. The Morgan fingerprint density at radius 2 is 1.38 bits per heavy atom. The summed E-state index contributed by atoms with van der Waals surface area (Å²) in [7, 11) is 0. The molecular formula is C21H21NO4. The number of aliphatic carboxylic acids is 2. The van der Waals surface area contributed by atoms with Crippen LogP contribution in [0.5, 0.6) is 0 Å². The van der Waals surface area contributed by atoms with Gasteiger partial charge >= 0.3 is 11.9 Å². The second kappa shape index (κ2) is 6.77. The maximum Gasteiger partial charge on any atom is 0.328 e. The lowest BCUT2D eigenvalue weighted by molar-refractivity contribution is -0.134. The molecule has 2 heterocycles. The van der Waals surface area contributed by atoms with Crippen LogP contribution in [0.15, 0.2) is 60.7 Å². The Hall–Kier alpha value is -2.92. The summed E-state index contributed by atoms with van der Waals surface area (Å²) < 4.78 is 0. The SMILES string of the molecule is CCN1C2c3ccccc3C1(C)c1ccccc12.O=C(O)/C=C/C(=O)O. The summed E-state index contributed by atoms with van der Waals surface area (Å²) in [6.45, 7) is 5.73. The molecule has 0 unspecified atom stereocenters. The van der Waals surface area contributed by atoms with Crippen molar-refractivity contribution in [2.24, 2.45) is 0 Å². The molecule has 26 heavy (non-hydrogen) atoms. The summed E-state index contributed by atoms with van der Waals surface area (Å²) in [4.78, 5) is 21.7. The molecule has 2 aromatic rings. The van der Waals surface area contributed by atoms with Crippen LogP contribution in [0.25, 0.3) is 0 Å². The number of hydrogen-bond donors (Lipinski definition) is 2. The average Bonchev–Trinajstić information content (AvgIpc) is 3.05. The minimum atomic E-state index is -1.26. The Morgan fingerprint density at radius 1 is 0.962 bits per heavy atom. The van der Waals surface area contributed by atoms with Gasteiger partial charge in [-0.05, 0) is 35.7 Å². The lowest BCUT2D eigenvalue weighted by Gasteiger charge is -2.32. The van der Waals surface area contributed by atoms with Gasteiger partial charge in [-0.2, -0.15) is 0 Å². The number of fused-ring (bicyclic) bond motifs is 8. The van der Waals surface area contributed by atoms with Crippen LogP contribution in [0.1, 0.15) is 42.1 Å². The smallest absolute Gasteiger partial charge is 0.328 e. The Labute approximate surface area is 152 Å². The van der Waals surface area contributed by atoms with Crippen LogP contribution in [-0.4, -0.2) is 33.6 Å². The van der Waals surface area contributed by atoms with Gasteiger partial charge in [0.1, 0.15) is 0 Å². The molecule has 5 nitrogen and oxygen atoms in total. The quantitative estimate of drug-likeness (QED) is 0.829. The summed E-state index contributed by atoms with van der Waals surface area (Å²) in [6, 6.07) is 18.3. The van der Waals surface area contributed by atoms with Gasteiger partial charge in [-0.1, -0.05) is 55.5 Å². The van der Waals surface area contributed by atoms with E-state index in [1.165, 1.54) is 22.3 Å². The minimum Gasteiger partial charge on any atom is -0.478 e. The second-order valence-corrected chi connectivity index (χ2v) is 6.45. The first-order valence-electron chi connectivity index (χ1n) is 8.50. The molecule has 2 N–H and O–H groups in total. The number of rotatable bonds is 3. The lowest BCUT2D eigenvalue weighted by Crippen LogP contribution is -2.35. The molecule has 2 aromatic carbocycles. The van der Waals surface area contributed by atoms with Crippen molar-refractivity contribution >= 4 is 11.9 Å². The molecule has 5 heteroatoms. The molecule has 4 rings (SSSR count). The number of carboxylic acid groups (broad SMARTS) is 2. The number of benzene rings is 2. The molecule has 0 saturated heterocycles. The summed E-state index contributed by atoms with van der Waals surface area (Å²) >= 11 is 0. The van der Waals surface area contributed by atoms with E-state index in [-0.39, 0.29) is 5.54 Å². The van der Waals surface area contributed by atoms with Crippen LogP contribution >= 0.6 is 0 Å². The van der Waals surface area contributed by atoms with Crippen molar-refractivity contribution in [3.8, 4) is 0 Å². The summed E-state index contributed by atoms with van der Waals surface area (Å²) in [6.07, 6.45) is 1.12. The van der Waals surface area contributed by atoms with Gasteiger partial charge in [-0.15, -0.1) is 0 Å². The Balaban J connectivity index is 0.000000211. The van der Waals surface area contributed by atoms with E-state index in [1.54, 1.807) is 0 Å². The normalized spacial score (nSPS) is 22.5. The van der Waals surface area contributed by atoms with Gasteiger partial charge in [0, 0.05) is 12.2 Å². The van der Waals surface area contributed by atoms with Gasteiger partial charge in [0.15, 0.2) is 0 Å². The van der Waals surface area contributed by atoms with Crippen molar-refractivity contribution in [2.45, 2.75) is 25.4 Å². The zero-order valence-corrected chi connectivity index (χ0v) is 14.7. The van der Waals surface area contributed by atoms with Gasteiger partial charge in [0.05, 0.1) is 11.6 Å². The van der Waals surface area contributed by atoms with E-state index in [2.05, 4.69) is 67.3 Å². The van der Waals surface area contributed by atoms with Crippen molar-refractivity contribution in [2.75, 3.05) is 6.54 Å². The molecule has 0 aromatic heterocycles. The van der Waals surface area contributed by atoms with Gasteiger partial charge < -0.3 is 10.2 Å². The fourth-order valence-electron chi connectivity index (χ4n) is 4.21. The molecule has 2 bridgehead atoms. The molecule has 0 amide bonds. The summed E-state index contributed by atoms with van der Waals surface area (Å²) in [5.41, 5.74) is 6.07. The third-order valence-corrected chi connectivity index (χ3v) is 5.15. The van der Waals surface area contributed by atoms with Crippen LogP contribution < -0.4 is 0 Å². The number of nitrogens with zero attached hydrogens (tertiary/aromatic N) is 1. The standard InChI is InChI=1S/C17H17N.C4H4O4/c1-3-18-16-12-8-4-6-10-14(12)17(18,2)15-11-7-5-9-13(15)16;5-3(6)1-2-4(7)8/h4-11,16H,3H2,1-2H3;1-2H,(H,5,6)(H,7,8)/b;2-1+. The zero-order chi connectivity index (χ0) is 18.9. The first-order chi connectivity index (χ1) is 12.4. The minimum absolute atomic E-state index is 0.0760. The van der Waals surface area contributed by atoms with Crippen LogP contribution in [-0.2, 0) is 15.1 Å². The van der Waals surface area contributed by atoms with Crippen LogP contribution in [0.2, 0.25) is 0 Å². The Kier molecular flexibility index (Phi) is 4.66. The molecule has 2 aliphatic rings. The maximum absolute atomic E-state index is 9.55. The van der Waals surface area contributed by atoms with Crippen LogP contribution in [0.3, 0.4) is 0 Å². The van der Waals surface area contributed by atoms with Crippen molar-refractivity contribution < 1.29 is 19.8 Å². The van der Waals surface area contributed by atoms with Crippen LogP contribution in [0.4, 0.5) is 0 Å². The topological polar surface area (TPSA) is 77.8 Å². The third-order valence-electron chi connectivity index (χ3n) is 5.15. The average molecular weight is 351 g/mol. The third kappa shape index (κ3) is 2.70. The fraction of sp³-hybridized carbons (Fsp3) is 0.238. The molecule has 0 radical (unpaired) electrons. The van der Waals surface area contributed by atoms with Gasteiger partial charge in [0.25, 0.3) is 0 Å². The van der Waals surface area contributed by atoms with E-state index < -0.39 is 11.9 Å². The molecule has 0 saturated carbocycles. The Morgan fingerprint density at radius 3 is 1.77 bits per heavy atom. The highest BCUT2D eigenvalue weighted by atomic mass is 16.4. The molecule has 0 spiro atoms.